The number of nitrogens with zero attached hydrogens (tertiary/aromatic N) is 2. The highest BCUT2D eigenvalue weighted by Crippen LogP contribution is 2.25. The Bertz CT molecular complexity index is 1040. The van der Waals surface area contributed by atoms with E-state index in [1.165, 1.54) is 12.1 Å². The molecule has 0 saturated heterocycles. The summed E-state index contributed by atoms with van der Waals surface area (Å²) in [7, 11) is 2.12. The second kappa shape index (κ2) is 8.40. The standard InChI is InChI=1S/2C6H4ClNO4S/c7-13(11,12)6-3-1-5(2-4-6)8(9)10;7-13(11,12)6-4-2-1-3-5(6)8(9)10/h2*1-4H. The molecule has 0 aliphatic rings. The van der Waals surface area contributed by atoms with E-state index in [0.717, 1.165) is 36.4 Å². The first-order valence-corrected chi connectivity index (χ1v) is 10.8. The van der Waals surface area contributed by atoms with Gasteiger partial charge in [-0.2, -0.15) is 0 Å². The van der Waals surface area contributed by atoms with Crippen molar-refractivity contribution in [2.24, 2.45) is 0 Å². The molecule has 0 unspecified atom stereocenters. The van der Waals surface area contributed by atoms with Gasteiger partial charge < -0.3 is 0 Å². The van der Waals surface area contributed by atoms with Gasteiger partial charge in [-0.25, -0.2) is 16.8 Å². The van der Waals surface area contributed by atoms with Gasteiger partial charge in [0.25, 0.3) is 29.5 Å². The summed E-state index contributed by atoms with van der Waals surface area (Å²) in [4.78, 5) is 18.5. The predicted octanol–water partition coefficient (Wildman–Crippen LogP) is 3.04. The number of halogens is 2. The van der Waals surface area contributed by atoms with Crippen LogP contribution in [0.3, 0.4) is 0 Å². The quantitative estimate of drug-likeness (QED) is 0.397. The van der Waals surface area contributed by atoms with Crippen LogP contribution in [-0.4, -0.2) is 26.7 Å². The SMILES string of the molecule is O=[N+]([O-])c1ccc(S(=O)(=O)Cl)cc1.O=[N+]([O-])c1ccccc1S(=O)(=O)Cl. The molecule has 140 valence electrons. The Morgan fingerprint density at radius 2 is 1.23 bits per heavy atom. The Morgan fingerprint density at radius 3 is 1.58 bits per heavy atom. The van der Waals surface area contributed by atoms with Gasteiger partial charge in [-0.15, -0.1) is 0 Å². The van der Waals surface area contributed by atoms with Crippen LogP contribution < -0.4 is 0 Å². The van der Waals surface area contributed by atoms with Crippen molar-refractivity contribution in [2.75, 3.05) is 0 Å². The Labute approximate surface area is 156 Å². The Hall–Kier alpha value is -2.28. The summed E-state index contributed by atoms with van der Waals surface area (Å²) >= 11 is 0. The van der Waals surface area contributed by atoms with Gasteiger partial charge in [0, 0.05) is 39.6 Å². The summed E-state index contributed by atoms with van der Waals surface area (Å²) in [6.07, 6.45) is 0. The largest absolute Gasteiger partial charge is 0.289 e. The summed E-state index contributed by atoms with van der Waals surface area (Å²) in [5, 5.41) is 20.5. The van der Waals surface area contributed by atoms with E-state index in [1.807, 2.05) is 0 Å². The molecule has 0 aliphatic heterocycles. The zero-order valence-electron chi connectivity index (χ0n) is 12.4. The van der Waals surface area contributed by atoms with Crippen LogP contribution in [0.5, 0.6) is 0 Å². The van der Waals surface area contributed by atoms with Gasteiger partial charge in [-0.1, -0.05) is 12.1 Å². The molecule has 2 rings (SSSR count). The minimum Gasteiger partial charge on any atom is -0.258 e. The molecule has 14 heteroatoms. The number of nitro groups is 2. The lowest BCUT2D eigenvalue weighted by Gasteiger charge is -1.96. The Morgan fingerprint density at radius 1 is 0.731 bits per heavy atom. The van der Waals surface area contributed by atoms with Crippen molar-refractivity contribution in [3.63, 3.8) is 0 Å². The number of rotatable bonds is 4. The number of benzene rings is 2. The lowest BCUT2D eigenvalue weighted by molar-refractivity contribution is -0.387. The van der Waals surface area contributed by atoms with E-state index in [1.54, 1.807) is 0 Å². The maximum absolute atomic E-state index is 10.8. The molecule has 0 amide bonds. The van der Waals surface area contributed by atoms with E-state index < -0.39 is 38.5 Å². The average Bonchev–Trinajstić information content (AvgIpc) is 2.54. The number of non-ortho nitro benzene ring substituents is 1. The van der Waals surface area contributed by atoms with Crippen LogP contribution in [0.15, 0.2) is 58.3 Å². The summed E-state index contributed by atoms with van der Waals surface area (Å²) in [6, 6.07) is 9.22. The third-order valence-corrected chi connectivity index (χ3v) is 5.39. The third-order valence-electron chi connectivity index (χ3n) is 2.65. The van der Waals surface area contributed by atoms with Crippen LogP contribution in [0, 0.1) is 20.2 Å². The summed E-state index contributed by atoms with van der Waals surface area (Å²) < 4.78 is 43.1. The zero-order valence-corrected chi connectivity index (χ0v) is 15.5. The highest BCUT2D eigenvalue weighted by Gasteiger charge is 2.22. The van der Waals surface area contributed by atoms with Crippen molar-refractivity contribution in [3.05, 3.63) is 68.8 Å². The molecule has 2 aromatic carbocycles. The Balaban J connectivity index is 0.000000260. The van der Waals surface area contributed by atoms with E-state index in [-0.39, 0.29) is 10.6 Å². The molecule has 26 heavy (non-hydrogen) atoms. The second-order valence-corrected chi connectivity index (χ2v) is 9.45. The topological polar surface area (TPSA) is 155 Å². The summed E-state index contributed by atoms with van der Waals surface area (Å²) in [5.74, 6) is 0. The van der Waals surface area contributed by atoms with Crippen molar-refractivity contribution in [1.82, 2.24) is 0 Å². The van der Waals surface area contributed by atoms with E-state index in [9.17, 15) is 37.1 Å². The van der Waals surface area contributed by atoms with E-state index in [0.29, 0.717) is 0 Å². The van der Waals surface area contributed by atoms with Crippen LogP contribution in [-0.2, 0) is 18.1 Å². The minimum atomic E-state index is -4.05. The van der Waals surface area contributed by atoms with Crippen molar-refractivity contribution in [3.8, 4) is 0 Å². The van der Waals surface area contributed by atoms with Crippen LogP contribution in [0.25, 0.3) is 0 Å². The van der Waals surface area contributed by atoms with E-state index >= 15 is 0 Å². The molecule has 0 fully saturated rings. The molecule has 0 saturated carbocycles. The van der Waals surface area contributed by atoms with Crippen LogP contribution in [0.1, 0.15) is 0 Å². The van der Waals surface area contributed by atoms with Crippen molar-refractivity contribution < 1.29 is 26.7 Å². The molecule has 0 spiro atoms. The minimum absolute atomic E-state index is 0.153. The molecule has 0 heterocycles. The smallest absolute Gasteiger partial charge is 0.258 e. The fourth-order valence-electron chi connectivity index (χ4n) is 1.54. The summed E-state index contributed by atoms with van der Waals surface area (Å²) in [6.45, 7) is 0. The maximum atomic E-state index is 10.8. The lowest BCUT2D eigenvalue weighted by atomic mass is 10.3. The first-order valence-electron chi connectivity index (χ1n) is 6.21. The zero-order chi connectivity index (χ0) is 20.1. The Kier molecular flexibility index (Phi) is 7.03. The monoisotopic (exact) mass is 442 g/mol. The highest BCUT2D eigenvalue weighted by atomic mass is 35.7. The maximum Gasteiger partial charge on any atom is 0.289 e. The predicted molar refractivity (Wildman–Crippen MR) is 92.3 cm³/mol. The van der Waals surface area contributed by atoms with Crippen LogP contribution in [0.4, 0.5) is 11.4 Å². The number of nitro benzene ring substituents is 2. The molecule has 0 aromatic heterocycles. The summed E-state index contributed by atoms with van der Waals surface area (Å²) in [5.41, 5.74) is -0.693. The number of para-hydroxylation sites is 1. The normalized spacial score (nSPS) is 11.2. The second-order valence-electron chi connectivity index (χ2n) is 4.35. The molecule has 0 aliphatic carbocycles. The van der Waals surface area contributed by atoms with E-state index in [4.69, 9.17) is 21.4 Å². The highest BCUT2D eigenvalue weighted by molar-refractivity contribution is 8.14. The van der Waals surface area contributed by atoms with Gasteiger partial charge in [-0.05, 0) is 18.2 Å². The van der Waals surface area contributed by atoms with Crippen molar-refractivity contribution >= 4 is 50.8 Å². The van der Waals surface area contributed by atoms with Crippen molar-refractivity contribution in [2.45, 2.75) is 9.79 Å². The van der Waals surface area contributed by atoms with Gasteiger partial charge in [0.05, 0.1) is 14.7 Å². The number of hydrogen-bond donors (Lipinski definition) is 0. The fourth-order valence-corrected chi connectivity index (χ4v) is 3.34. The fraction of sp³-hybridized carbons (Fsp3) is 0. The van der Waals surface area contributed by atoms with Gasteiger partial charge >= 0.3 is 0 Å². The van der Waals surface area contributed by atoms with E-state index in [2.05, 4.69) is 0 Å². The molecule has 0 atom stereocenters. The first kappa shape index (κ1) is 21.8. The molecular weight excluding hydrogens is 435 g/mol. The van der Waals surface area contributed by atoms with Gasteiger partial charge in [-0.3, -0.25) is 20.2 Å². The van der Waals surface area contributed by atoms with Crippen molar-refractivity contribution in [1.29, 1.82) is 0 Å². The molecule has 0 radical (unpaired) electrons. The molecule has 10 nitrogen and oxygen atoms in total. The third kappa shape index (κ3) is 6.22. The molecular formula is C12H8Cl2N2O8S2. The molecule has 0 N–H and O–H groups in total. The van der Waals surface area contributed by atoms with Crippen LogP contribution in [0.2, 0.25) is 0 Å². The van der Waals surface area contributed by atoms with Gasteiger partial charge in [0.2, 0.25) is 0 Å². The van der Waals surface area contributed by atoms with Crippen LogP contribution >= 0.6 is 21.4 Å². The molecule has 2 aromatic rings. The van der Waals surface area contributed by atoms with Gasteiger partial charge in [0.15, 0.2) is 4.90 Å². The van der Waals surface area contributed by atoms with Gasteiger partial charge in [0.1, 0.15) is 0 Å². The first-order chi connectivity index (χ1) is 11.8. The lowest BCUT2D eigenvalue weighted by Crippen LogP contribution is -1.97. The average molecular weight is 443 g/mol. The molecule has 0 bridgehead atoms. The number of hydrogen-bond acceptors (Lipinski definition) is 8.